The zero-order valence-electron chi connectivity index (χ0n) is 20.4. The number of nitrogens with zero attached hydrogens (tertiary/aromatic N) is 1. The minimum atomic E-state index is -0.961. The largest absolute Gasteiger partial charge is 0.476 e. The molecular weight excluding hydrogens is 434 g/mol. The van der Waals surface area contributed by atoms with Crippen LogP contribution >= 0.6 is 11.8 Å². The number of hydrogen-bond acceptors (Lipinski definition) is 6. The number of carbonyl (C=O) groups is 1. The van der Waals surface area contributed by atoms with Gasteiger partial charge in [0, 0.05) is 36.6 Å². The van der Waals surface area contributed by atoms with Crippen LogP contribution in [0.5, 0.6) is 5.75 Å². The van der Waals surface area contributed by atoms with E-state index in [1.165, 1.54) is 45.1 Å². The van der Waals surface area contributed by atoms with Crippen LogP contribution in [0.25, 0.3) is 0 Å². The van der Waals surface area contributed by atoms with E-state index in [9.17, 15) is 4.79 Å². The molecule has 184 valence electrons. The highest BCUT2D eigenvalue weighted by molar-refractivity contribution is 8.00. The summed E-state index contributed by atoms with van der Waals surface area (Å²) in [5.41, 5.74) is -0.961. The van der Waals surface area contributed by atoms with Crippen molar-refractivity contribution in [2.75, 3.05) is 32.6 Å². The van der Waals surface area contributed by atoms with E-state index in [4.69, 9.17) is 14.2 Å². The fourth-order valence-corrected chi connectivity index (χ4v) is 7.48. The van der Waals surface area contributed by atoms with E-state index in [0.29, 0.717) is 24.2 Å². The Morgan fingerprint density at radius 2 is 1.85 bits per heavy atom. The number of benzene rings is 1. The summed E-state index contributed by atoms with van der Waals surface area (Å²) < 4.78 is 17.6. The lowest BCUT2D eigenvalue weighted by molar-refractivity contribution is -0.159. The number of esters is 1. The number of ether oxygens (including phenoxy) is 3. The summed E-state index contributed by atoms with van der Waals surface area (Å²) >= 11 is 2.20. The van der Waals surface area contributed by atoms with Crippen molar-refractivity contribution in [1.29, 1.82) is 0 Å². The predicted molar refractivity (Wildman–Crippen MR) is 134 cm³/mol. The molecule has 0 bridgehead atoms. The first-order valence-electron chi connectivity index (χ1n) is 12.9. The van der Waals surface area contributed by atoms with E-state index in [1.807, 2.05) is 37.3 Å². The van der Waals surface area contributed by atoms with Crippen LogP contribution < -0.4 is 4.74 Å². The molecule has 3 atom stereocenters. The molecule has 0 spiro atoms. The van der Waals surface area contributed by atoms with Gasteiger partial charge in [-0.15, -0.1) is 0 Å². The quantitative estimate of drug-likeness (QED) is 0.450. The summed E-state index contributed by atoms with van der Waals surface area (Å²) in [5.74, 6) is 2.12. The molecular formula is C27H41NO4S. The first-order chi connectivity index (χ1) is 16.1. The van der Waals surface area contributed by atoms with Crippen LogP contribution in [0.15, 0.2) is 30.3 Å². The molecule has 1 heterocycles. The summed E-state index contributed by atoms with van der Waals surface area (Å²) in [4.78, 5) is 15.3. The lowest BCUT2D eigenvalue weighted by Gasteiger charge is -2.43. The highest BCUT2D eigenvalue weighted by atomic mass is 32.2. The van der Waals surface area contributed by atoms with Gasteiger partial charge in [-0.3, -0.25) is 4.90 Å². The molecule has 5 nitrogen and oxygen atoms in total. The van der Waals surface area contributed by atoms with Crippen LogP contribution in [0.1, 0.15) is 64.7 Å². The van der Waals surface area contributed by atoms with Crippen LogP contribution in [0, 0.1) is 5.92 Å². The van der Waals surface area contributed by atoms with Gasteiger partial charge in [0.15, 0.2) is 0 Å². The van der Waals surface area contributed by atoms with Gasteiger partial charge in [0.1, 0.15) is 5.75 Å². The molecule has 0 aromatic heterocycles. The third-order valence-corrected chi connectivity index (χ3v) is 9.15. The van der Waals surface area contributed by atoms with Crippen molar-refractivity contribution in [3.05, 3.63) is 30.3 Å². The maximum absolute atomic E-state index is 12.6. The number of rotatable bonds is 9. The Labute approximate surface area is 203 Å². The van der Waals surface area contributed by atoms with Crippen LogP contribution in [0.2, 0.25) is 0 Å². The highest BCUT2D eigenvalue weighted by Gasteiger charge is 2.40. The van der Waals surface area contributed by atoms with E-state index in [0.717, 1.165) is 50.1 Å². The zero-order chi connectivity index (χ0) is 23.1. The van der Waals surface area contributed by atoms with Crippen LogP contribution in [0.4, 0.5) is 0 Å². The molecule has 6 heteroatoms. The molecule has 3 fully saturated rings. The molecule has 1 aromatic rings. The number of thioether (sulfide) groups is 1. The molecule has 1 aromatic carbocycles. The first-order valence-corrected chi connectivity index (χ1v) is 13.9. The smallest absolute Gasteiger partial charge is 0.349 e. The summed E-state index contributed by atoms with van der Waals surface area (Å²) in [6.45, 7) is 5.01. The molecule has 3 unspecified atom stereocenters. The third-order valence-electron chi connectivity index (χ3n) is 7.75. The Kier molecular flexibility index (Phi) is 9.00. The van der Waals surface area contributed by atoms with Crippen molar-refractivity contribution in [2.24, 2.45) is 5.92 Å². The van der Waals surface area contributed by atoms with Gasteiger partial charge in [0.25, 0.3) is 0 Å². The third kappa shape index (κ3) is 6.67. The van der Waals surface area contributed by atoms with Gasteiger partial charge in [0.2, 0.25) is 5.60 Å². The molecule has 2 saturated carbocycles. The SMILES string of the molecule is COC(=O)C(C)(CC1CCC(OCCN2CCSC3CCCCC32)CC1)Oc1ccccc1. The zero-order valence-corrected chi connectivity index (χ0v) is 21.2. The Morgan fingerprint density at radius 1 is 1.09 bits per heavy atom. The van der Waals surface area contributed by atoms with Crippen molar-refractivity contribution >= 4 is 17.7 Å². The minimum Gasteiger partial charge on any atom is -0.476 e. The van der Waals surface area contributed by atoms with Gasteiger partial charge < -0.3 is 14.2 Å². The topological polar surface area (TPSA) is 48.0 Å². The summed E-state index contributed by atoms with van der Waals surface area (Å²) in [6.07, 6.45) is 10.9. The monoisotopic (exact) mass is 475 g/mol. The molecule has 0 N–H and O–H groups in total. The van der Waals surface area contributed by atoms with Crippen LogP contribution in [0.3, 0.4) is 0 Å². The predicted octanol–water partition coefficient (Wildman–Crippen LogP) is 5.32. The molecule has 33 heavy (non-hydrogen) atoms. The Bertz CT molecular complexity index is 737. The van der Waals surface area contributed by atoms with Gasteiger partial charge in [-0.2, -0.15) is 11.8 Å². The van der Waals surface area contributed by atoms with E-state index in [1.54, 1.807) is 0 Å². The van der Waals surface area contributed by atoms with Gasteiger partial charge in [-0.05, 0) is 63.5 Å². The Balaban J connectivity index is 1.21. The van der Waals surface area contributed by atoms with Gasteiger partial charge in [-0.25, -0.2) is 4.79 Å². The van der Waals surface area contributed by atoms with E-state index in [-0.39, 0.29) is 5.97 Å². The molecule has 4 rings (SSSR count). The molecule has 1 aliphatic heterocycles. The average Bonchev–Trinajstić information content (AvgIpc) is 2.85. The van der Waals surface area contributed by atoms with Crippen molar-refractivity contribution in [1.82, 2.24) is 4.90 Å². The van der Waals surface area contributed by atoms with Crippen molar-refractivity contribution in [2.45, 2.75) is 87.7 Å². The second-order valence-corrected chi connectivity index (χ2v) is 11.5. The fourth-order valence-electron chi connectivity index (χ4n) is 5.98. The molecule has 3 aliphatic rings. The van der Waals surface area contributed by atoms with Gasteiger partial charge in [0.05, 0.1) is 19.8 Å². The number of methoxy groups -OCH3 is 1. The van der Waals surface area contributed by atoms with Gasteiger partial charge in [-0.1, -0.05) is 31.0 Å². The van der Waals surface area contributed by atoms with E-state index < -0.39 is 5.60 Å². The van der Waals surface area contributed by atoms with E-state index in [2.05, 4.69) is 16.7 Å². The van der Waals surface area contributed by atoms with Crippen molar-refractivity contribution < 1.29 is 19.0 Å². The summed E-state index contributed by atoms with van der Waals surface area (Å²) in [7, 11) is 1.44. The number of para-hydroxylation sites is 1. The fraction of sp³-hybridized carbons (Fsp3) is 0.741. The number of carbonyl (C=O) groups excluding carboxylic acids is 1. The normalized spacial score (nSPS) is 30.1. The maximum atomic E-state index is 12.6. The molecule has 0 amide bonds. The summed E-state index contributed by atoms with van der Waals surface area (Å²) in [5, 5.41) is 0.852. The Hall–Kier alpha value is -1.24. The van der Waals surface area contributed by atoms with E-state index >= 15 is 0 Å². The van der Waals surface area contributed by atoms with Crippen molar-refractivity contribution in [3.8, 4) is 5.75 Å². The second-order valence-electron chi connectivity index (χ2n) is 10.2. The lowest BCUT2D eigenvalue weighted by atomic mass is 9.80. The average molecular weight is 476 g/mol. The lowest BCUT2D eigenvalue weighted by Crippen LogP contribution is -2.50. The van der Waals surface area contributed by atoms with Crippen LogP contribution in [-0.2, 0) is 14.3 Å². The summed E-state index contributed by atoms with van der Waals surface area (Å²) in [6, 6.07) is 10.4. The standard InChI is InChI=1S/C27H41NO4S/c1-27(26(29)30-2,32-23-8-4-3-5-9-23)20-21-12-14-22(15-13-21)31-18-16-28-17-19-33-25-11-7-6-10-24(25)28/h3-5,8-9,21-22,24-25H,6-7,10-20H2,1-2H3. The first kappa shape index (κ1) is 24.9. The number of fused-ring (bicyclic) bond motifs is 1. The van der Waals surface area contributed by atoms with Crippen LogP contribution in [-0.4, -0.2) is 66.4 Å². The maximum Gasteiger partial charge on any atom is 0.349 e. The van der Waals surface area contributed by atoms with Crippen molar-refractivity contribution in [3.63, 3.8) is 0 Å². The minimum absolute atomic E-state index is 0.301. The highest BCUT2D eigenvalue weighted by Crippen LogP contribution is 2.36. The second kappa shape index (κ2) is 11.9. The molecule has 0 radical (unpaired) electrons. The molecule has 2 aliphatic carbocycles. The number of hydrogen-bond donors (Lipinski definition) is 0. The molecule has 1 saturated heterocycles. The van der Waals surface area contributed by atoms with Gasteiger partial charge >= 0.3 is 5.97 Å². The Morgan fingerprint density at radius 3 is 2.61 bits per heavy atom.